The first-order valence-corrected chi connectivity index (χ1v) is 6.45. The van der Waals surface area contributed by atoms with E-state index in [-0.39, 0.29) is 0 Å². The highest BCUT2D eigenvalue weighted by Gasteiger charge is 2.07. The first-order valence-electron chi connectivity index (χ1n) is 5.19. The van der Waals surface area contributed by atoms with Crippen molar-refractivity contribution in [3.8, 4) is 11.1 Å². The Hall–Kier alpha value is -0.930. The van der Waals surface area contributed by atoms with Crippen molar-refractivity contribution in [1.29, 1.82) is 0 Å². The van der Waals surface area contributed by atoms with Crippen molar-refractivity contribution >= 4 is 29.7 Å². The Morgan fingerprint density at radius 1 is 1.12 bits per heavy atom. The van der Waals surface area contributed by atoms with Gasteiger partial charge in [-0.15, -0.1) is 24.0 Å². The Balaban J connectivity index is 2.55. The molecule has 0 aliphatic rings. The molecule has 0 radical (unpaired) electrons. The lowest BCUT2D eigenvalue weighted by Gasteiger charge is -2.06. The molecule has 0 saturated heterocycles. The molecule has 0 spiro atoms. The summed E-state index contributed by atoms with van der Waals surface area (Å²) in [6.45, 7) is 4.23. The van der Waals surface area contributed by atoms with Crippen LogP contribution < -0.4 is 5.32 Å². The zero-order chi connectivity index (χ0) is 11.7. The Labute approximate surface area is 106 Å². The molecule has 2 aromatic rings. The average molecular weight is 249 g/mol. The number of benzene rings is 1. The lowest BCUT2D eigenvalue weighted by Crippen LogP contribution is -1.89. The molecule has 1 N–H and O–H groups in total. The summed E-state index contributed by atoms with van der Waals surface area (Å²) in [4.78, 5) is 1.30. The number of thiol groups is 1. The normalized spacial score (nSPS) is 10.5. The minimum absolute atomic E-state index is 1.09. The maximum absolute atomic E-state index is 4.53. The summed E-state index contributed by atoms with van der Waals surface area (Å²) in [6.07, 6.45) is 0. The second kappa shape index (κ2) is 4.52. The monoisotopic (exact) mass is 249 g/mol. The highest BCUT2D eigenvalue weighted by atomic mass is 32.2. The highest BCUT2D eigenvalue weighted by Crippen LogP contribution is 2.35. The number of hydrogen-bond donors (Lipinski definition) is 2. The number of nitrogens with one attached hydrogen (secondary N) is 1. The van der Waals surface area contributed by atoms with Crippen molar-refractivity contribution in [3.63, 3.8) is 0 Å². The Bertz CT molecular complexity index is 515. The molecule has 1 aromatic carbocycles. The number of thiophene rings is 1. The lowest BCUT2D eigenvalue weighted by molar-refractivity contribution is 1.42. The van der Waals surface area contributed by atoms with Crippen molar-refractivity contribution in [3.05, 3.63) is 34.7 Å². The van der Waals surface area contributed by atoms with Crippen LogP contribution in [-0.4, -0.2) is 7.05 Å². The molecule has 0 saturated carbocycles. The van der Waals surface area contributed by atoms with Crippen LogP contribution in [0.25, 0.3) is 11.1 Å². The summed E-state index contributed by atoms with van der Waals surface area (Å²) >= 11 is 6.25. The first-order chi connectivity index (χ1) is 7.60. The van der Waals surface area contributed by atoms with Crippen LogP contribution in [0.3, 0.4) is 0 Å². The maximum Gasteiger partial charge on any atom is 0.0649 e. The molecule has 84 valence electrons. The molecule has 0 unspecified atom stereocenters. The van der Waals surface area contributed by atoms with Crippen LogP contribution in [0.1, 0.15) is 10.4 Å². The van der Waals surface area contributed by atoms with Crippen molar-refractivity contribution in [2.24, 2.45) is 0 Å². The molecule has 0 aliphatic heterocycles. The van der Waals surface area contributed by atoms with Crippen molar-refractivity contribution < 1.29 is 0 Å². The van der Waals surface area contributed by atoms with E-state index in [0.717, 1.165) is 9.90 Å². The molecule has 0 fully saturated rings. The van der Waals surface area contributed by atoms with Gasteiger partial charge >= 0.3 is 0 Å². The van der Waals surface area contributed by atoms with E-state index in [1.54, 1.807) is 11.3 Å². The van der Waals surface area contributed by atoms with Gasteiger partial charge in [0.15, 0.2) is 0 Å². The van der Waals surface area contributed by atoms with Gasteiger partial charge in [-0.3, -0.25) is 0 Å². The van der Waals surface area contributed by atoms with Crippen LogP contribution in [0, 0.1) is 13.8 Å². The van der Waals surface area contributed by atoms with Gasteiger partial charge < -0.3 is 5.32 Å². The van der Waals surface area contributed by atoms with E-state index in [1.807, 2.05) is 7.05 Å². The minimum Gasteiger partial charge on any atom is -0.388 e. The molecule has 16 heavy (non-hydrogen) atoms. The number of aryl methyl sites for hydroxylation is 2. The lowest BCUT2D eigenvalue weighted by atomic mass is 10.0. The van der Waals surface area contributed by atoms with Gasteiger partial charge in [0.25, 0.3) is 0 Å². The number of rotatable bonds is 2. The van der Waals surface area contributed by atoms with E-state index < -0.39 is 0 Å². The van der Waals surface area contributed by atoms with Crippen LogP contribution in [0.4, 0.5) is 5.69 Å². The summed E-state index contributed by atoms with van der Waals surface area (Å²) in [5.41, 5.74) is 4.87. The Morgan fingerprint density at radius 3 is 2.44 bits per heavy atom. The molecule has 0 amide bonds. The third-order valence-corrected chi connectivity index (χ3v) is 3.88. The average Bonchev–Trinajstić information content (AvgIpc) is 2.57. The second-order valence-electron chi connectivity index (χ2n) is 3.91. The largest absolute Gasteiger partial charge is 0.388 e. The predicted molar refractivity (Wildman–Crippen MR) is 76.0 cm³/mol. The van der Waals surface area contributed by atoms with Gasteiger partial charge in [-0.2, -0.15) is 0 Å². The van der Waals surface area contributed by atoms with Gasteiger partial charge in [0, 0.05) is 23.2 Å². The molecule has 3 heteroatoms. The van der Waals surface area contributed by atoms with Crippen LogP contribution in [0.5, 0.6) is 0 Å². The van der Waals surface area contributed by atoms with Gasteiger partial charge in [-0.05, 0) is 43.2 Å². The molecule has 1 heterocycles. The van der Waals surface area contributed by atoms with Crippen LogP contribution >= 0.6 is 24.0 Å². The van der Waals surface area contributed by atoms with Crippen LogP contribution in [0.15, 0.2) is 28.5 Å². The van der Waals surface area contributed by atoms with Gasteiger partial charge in [-0.25, -0.2) is 0 Å². The van der Waals surface area contributed by atoms with Crippen LogP contribution in [0.2, 0.25) is 0 Å². The highest BCUT2D eigenvalue weighted by molar-refractivity contribution is 7.83. The van der Waals surface area contributed by atoms with Gasteiger partial charge in [0.1, 0.15) is 0 Å². The number of anilines is 1. The fourth-order valence-electron chi connectivity index (χ4n) is 1.79. The summed E-state index contributed by atoms with van der Waals surface area (Å²) in [7, 11) is 1.94. The third kappa shape index (κ3) is 2.25. The Morgan fingerprint density at radius 2 is 1.88 bits per heavy atom. The summed E-state index contributed by atoms with van der Waals surface area (Å²) in [5.74, 6) is 0. The third-order valence-electron chi connectivity index (χ3n) is 2.51. The minimum atomic E-state index is 1.09. The van der Waals surface area contributed by atoms with Crippen molar-refractivity contribution in [1.82, 2.24) is 0 Å². The van der Waals surface area contributed by atoms with E-state index in [4.69, 9.17) is 0 Å². The molecule has 0 aliphatic carbocycles. The topological polar surface area (TPSA) is 12.0 Å². The summed E-state index contributed by atoms with van der Waals surface area (Å²) in [6, 6.07) is 8.69. The fourth-order valence-corrected chi connectivity index (χ4v) is 3.19. The zero-order valence-corrected chi connectivity index (χ0v) is 11.4. The van der Waals surface area contributed by atoms with Gasteiger partial charge in [0.05, 0.1) is 4.21 Å². The fraction of sp³-hybridized carbons (Fsp3) is 0.231. The first kappa shape index (κ1) is 11.6. The summed E-state index contributed by atoms with van der Waals surface area (Å²) < 4.78 is 1.09. The maximum atomic E-state index is 4.53. The zero-order valence-electron chi connectivity index (χ0n) is 9.66. The van der Waals surface area contributed by atoms with Crippen molar-refractivity contribution in [2.45, 2.75) is 18.1 Å². The molecular weight excluding hydrogens is 234 g/mol. The smallest absolute Gasteiger partial charge is 0.0649 e. The van der Waals surface area contributed by atoms with Gasteiger partial charge in [0.2, 0.25) is 0 Å². The quantitative estimate of drug-likeness (QED) is 0.753. The molecule has 1 aromatic heterocycles. The summed E-state index contributed by atoms with van der Waals surface area (Å²) in [5, 5.41) is 3.18. The molecular formula is C13H15NS2. The van der Waals surface area contributed by atoms with Crippen molar-refractivity contribution in [2.75, 3.05) is 12.4 Å². The predicted octanol–water partition coefficient (Wildman–Crippen LogP) is 4.36. The molecule has 0 atom stereocenters. The second-order valence-corrected chi connectivity index (χ2v) is 5.92. The molecule has 1 nitrogen and oxygen atoms in total. The molecule has 0 bridgehead atoms. The number of hydrogen-bond acceptors (Lipinski definition) is 3. The van der Waals surface area contributed by atoms with Crippen LogP contribution in [-0.2, 0) is 0 Å². The van der Waals surface area contributed by atoms with E-state index in [0.29, 0.717) is 0 Å². The van der Waals surface area contributed by atoms with Gasteiger partial charge in [-0.1, -0.05) is 6.07 Å². The molecule has 2 rings (SSSR count). The van der Waals surface area contributed by atoms with E-state index in [9.17, 15) is 0 Å². The van der Waals surface area contributed by atoms with E-state index >= 15 is 0 Å². The SMILES string of the molecule is CNc1cc(C)cc(-c2cc(C)sc2S)c1. The standard InChI is InChI=1S/C13H15NS2/c1-8-4-10(7-11(5-8)14-3)12-6-9(2)16-13(12)15/h4-7,14-15H,1-3H3. The van der Waals surface area contributed by atoms with E-state index in [2.05, 4.69) is 56.1 Å². The Kier molecular flexibility index (Phi) is 3.26. The van der Waals surface area contributed by atoms with E-state index in [1.165, 1.54) is 21.6 Å².